The van der Waals surface area contributed by atoms with Gasteiger partial charge in [-0.05, 0) is 49.9 Å². The van der Waals surface area contributed by atoms with Crippen LogP contribution in [0.5, 0.6) is 0 Å². The van der Waals surface area contributed by atoms with Crippen LogP contribution in [0.2, 0.25) is 0 Å². The van der Waals surface area contributed by atoms with Gasteiger partial charge in [-0.2, -0.15) is 5.10 Å². The molecule has 0 saturated heterocycles. The molecule has 3 fully saturated rings. The fraction of sp³-hybridized carbons (Fsp3) is 0.875. The van der Waals surface area contributed by atoms with E-state index < -0.39 is 0 Å². The van der Waals surface area contributed by atoms with Crippen LogP contribution >= 0.6 is 0 Å². The lowest BCUT2D eigenvalue weighted by atomic mass is 9.86. The van der Waals surface area contributed by atoms with E-state index in [1.165, 1.54) is 57.8 Å². The highest BCUT2D eigenvalue weighted by Crippen LogP contribution is 2.49. The molecule has 0 aliphatic heterocycles. The zero-order valence-electron chi connectivity index (χ0n) is 11.8. The van der Waals surface area contributed by atoms with Crippen LogP contribution < -0.4 is 0 Å². The summed E-state index contributed by atoms with van der Waals surface area (Å²) >= 11 is 0. The number of aromatic amines is 1. The Labute approximate surface area is 115 Å². The Morgan fingerprint density at radius 1 is 1.00 bits per heavy atom. The van der Waals surface area contributed by atoms with Gasteiger partial charge in [-0.3, -0.25) is 5.10 Å². The van der Waals surface area contributed by atoms with Crippen molar-refractivity contribution in [1.29, 1.82) is 0 Å². The molecule has 1 aromatic heterocycles. The molecule has 3 saturated carbocycles. The number of fused-ring (bicyclic) bond motifs is 2. The summed E-state index contributed by atoms with van der Waals surface area (Å²) in [4.78, 5) is 4.81. The largest absolute Gasteiger partial charge is 0.263 e. The second-order valence-corrected chi connectivity index (χ2v) is 7.11. The molecule has 3 aliphatic rings. The Kier molecular flexibility index (Phi) is 3.08. The van der Waals surface area contributed by atoms with Gasteiger partial charge in [-0.15, -0.1) is 0 Å². The Morgan fingerprint density at radius 3 is 2.63 bits per heavy atom. The first kappa shape index (κ1) is 11.9. The molecule has 3 atom stereocenters. The van der Waals surface area contributed by atoms with Gasteiger partial charge in [0.1, 0.15) is 5.82 Å². The predicted octanol–water partition coefficient (Wildman–Crippen LogP) is 3.83. The summed E-state index contributed by atoms with van der Waals surface area (Å²) in [5.74, 6) is 5.84. The molecule has 0 aromatic carbocycles. The topological polar surface area (TPSA) is 41.6 Å². The summed E-state index contributed by atoms with van der Waals surface area (Å²) in [6, 6.07) is 0. The highest BCUT2D eigenvalue weighted by atomic mass is 15.2. The van der Waals surface area contributed by atoms with Crippen LogP contribution in [0.25, 0.3) is 0 Å². The molecule has 3 aliphatic carbocycles. The van der Waals surface area contributed by atoms with Crippen molar-refractivity contribution in [2.45, 2.75) is 70.1 Å². The van der Waals surface area contributed by atoms with E-state index in [-0.39, 0.29) is 0 Å². The maximum Gasteiger partial charge on any atom is 0.153 e. The van der Waals surface area contributed by atoms with Crippen molar-refractivity contribution in [1.82, 2.24) is 15.2 Å². The minimum absolute atomic E-state index is 0.638. The maximum absolute atomic E-state index is 4.81. The summed E-state index contributed by atoms with van der Waals surface area (Å²) in [6.07, 6.45) is 13.8. The van der Waals surface area contributed by atoms with Crippen LogP contribution in [0.4, 0.5) is 0 Å². The first-order valence-corrected chi connectivity index (χ1v) is 8.29. The molecule has 3 unspecified atom stereocenters. The molecular formula is C16H25N3. The average molecular weight is 259 g/mol. The van der Waals surface area contributed by atoms with Gasteiger partial charge in [0, 0.05) is 12.3 Å². The van der Waals surface area contributed by atoms with E-state index in [1.807, 2.05) is 0 Å². The number of nitrogens with one attached hydrogen (secondary N) is 1. The fourth-order valence-corrected chi connectivity index (χ4v) is 4.82. The van der Waals surface area contributed by atoms with Crippen LogP contribution in [0.15, 0.2) is 0 Å². The molecule has 1 heterocycles. The highest BCUT2D eigenvalue weighted by Gasteiger charge is 2.39. The van der Waals surface area contributed by atoms with E-state index >= 15 is 0 Å². The van der Waals surface area contributed by atoms with Crippen molar-refractivity contribution in [2.24, 2.45) is 17.8 Å². The molecule has 0 spiro atoms. The van der Waals surface area contributed by atoms with Crippen molar-refractivity contribution < 1.29 is 0 Å². The molecule has 19 heavy (non-hydrogen) atoms. The number of aromatic nitrogens is 3. The van der Waals surface area contributed by atoms with Gasteiger partial charge in [0.15, 0.2) is 5.82 Å². The quantitative estimate of drug-likeness (QED) is 0.896. The average Bonchev–Trinajstić information content (AvgIpc) is 3.16. The van der Waals surface area contributed by atoms with Crippen molar-refractivity contribution >= 4 is 0 Å². The second kappa shape index (κ2) is 4.92. The van der Waals surface area contributed by atoms with Gasteiger partial charge in [-0.1, -0.05) is 25.7 Å². The Balaban J connectivity index is 1.40. The van der Waals surface area contributed by atoms with Gasteiger partial charge in [-0.25, -0.2) is 4.98 Å². The summed E-state index contributed by atoms with van der Waals surface area (Å²) in [5.41, 5.74) is 0. The van der Waals surface area contributed by atoms with Gasteiger partial charge < -0.3 is 0 Å². The summed E-state index contributed by atoms with van der Waals surface area (Å²) in [6.45, 7) is 0. The SMILES string of the molecule is C1CCC(c2n[nH]c(CC3CC4CCC3C4)n2)CC1. The molecule has 0 amide bonds. The van der Waals surface area contributed by atoms with Crippen LogP contribution in [0, 0.1) is 17.8 Å². The zero-order chi connectivity index (χ0) is 12.7. The standard InChI is InChI=1S/C16H25N3/c1-2-4-12(5-3-1)16-17-15(18-19-16)10-14-9-11-6-7-13(14)8-11/h11-14H,1-10H2,(H,17,18,19). The molecule has 104 valence electrons. The first-order chi connectivity index (χ1) is 9.38. The fourth-order valence-electron chi connectivity index (χ4n) is 4.82. The van der Waals surface area contributed by atoms with Crippen molar-refractivity contribution in [3.8, 4) is 0 Å². The Bertz CT molecular complexity index is 433. The molecule has 4 rings (SSSR count). The maximum atomic E-state index is 4.81. The minimum atomic E-state index is 0.638. The smallest absolute Gasteiger partial charge is 0.153 e. The molecule has 3 nitrogen and oxygen atoms in total. The monoisotopic (exact) mass is 259 g/mol. The zero-order valence-corrected chi connectivity index (χ0v) is 11.8. The van der Waals surface area contributed by atoms with E-state index in [0.717, 1.165) is 35.8 Å². The third-order valence-electron chi connectivity index (χ3n) is 5.86. The van der Waals surface area contributed by atoms with E-state index in [9.17, 15) is 0 Å². The summed E-state index contributed by atoms with van der Waals surface area (Å²) < 4.78 is 0. The van der Waals surface area contributed by atoms with E-state index in [2.05, 4.69) is 10.2 Å². The number of rotatable bonds is 3. The predicted molar refractivity (Wildman–Crippen MR) is 74.9 cm³/mol. The van der Waals surface area contributed by atoms with Crippen LogP contribution in [-0.2, 0) is 6.42 Å². The van der Waals surface area contributed by atoms with Crippen LogP contribution in [0.3, 0.4) is 0 Å². The van der Waals surface area contributed by atoms with Crippen molar-refractivity contribution in [3.63, 3.8) is 0 Å². The lowest BCUT2D eigenvalue weighted by Gasteiger charge is -2.20. The summed E-state index contributed by atoms with van der Waals surface area (Å²) in [5, 5.41) is 7.74. The molecule has 0 radical (unpaired) electrons. The Morgan fingerprint density at radius 2 is 1.89 bits per heavy atom. The number of hydrogen-bond acceptors (Lipinski definition) is 2. The second-order valence-electron chi connectivity index (χ2n) is 7.11. The third-order valence-corrected chi connectivity index (χ3v) is 5.86. The first-order valence-electron chi connectivity index (χ1n) is 8.29. The van der Waals surface area contributed by atoms with Gasteiger partial charge in [0.05, 0.1) is 0 Å². The van der Waals surface area contributed by atoms with Gasteiger partial charge >= 0.3 is 0 Å². The van der Waals surface area contributed by atoms with Crippen LogP contribution in [0.1, 0.15) is 75.4 Å². The van der Waals surface area contributed by atoms with E-state index in [4.69, 9.17) is 4.98 Å². The normalized spacial score (nSPS) is 35.1. The minimum Gasteiger partial charge on any atom is -0.263 e. The molecule has 1 N–H and O–H groups in total. The van der Waals surface area contributed by atoms with Crippen molar-refractivity contribution in [2.75, 3.05) is 0 Å². The third kappa shape index (κ3) is 2.32. The number of nitrogens with zero attached hydrogens (tertiary/aromatic N) is 2. The molecule has 3 heteroatoms. The van der Waals surface area contributed by atoms with E-state index in [1.54, 1.807) is 0 Å². The van der Waals surface area contributed by atoms with Crippen molar-refractivity contribution in [3.05, 3.63) is 11.6 Å². The lowest BCUT2D eigenvalue weighted by molar-refractivity contribution is 0.327. The van der Waals surface area contributed by atoms with Crippen LogP contribution in [-0.4, -0.2) is 15.2 Å². The lowest BCUT2D eigenvalue weighted by Crippen LogP contribution is -2.14. The highest BCUT2D eigenvalue weighted by molar-refractivity contribution is 5.02. The molecule has 1 aromatic rings. The number of hydrogen-bond donors (Lipinski definition) is 1. The summed E-state index contributed by atoms with van der Waals surface area (Å²) in [7, 11) is 0. The number of H-pyrrole nitrogens is 1. The van der Waals surface area contributed by atoms with Gasteiger partial charge in [0.2, 0.25) is 0 Å². The molecular weight excluding hydrogens is 234 g/mol. The van der Waals surface area contributed by atoms with E-state index in [0.29, 0.717) is 5.92 Å². The molecule has 2 bridgehead atoms. The van der Waals surface area contributed by atoms with Gasteiger partial charge in [0.25, 0.3) is 0 Å². The Hall–Kier alpha value is -0.860.